The number of fused-ring (bicyclic) bond motifs is 1. The lowest BCUT2D eigenvalue weighted by Crippen LogP contribution is -2.32. The van der Waals surface area contributed by atoms with Crippen molar-refractivity contribution in [3.05, 3.63) is 99.1 Å². The normalized spacial score (nSPS) is 11.9. The van der Waals surface area contributed by atoms with Gasteiger partial charge in [-0.3, -0.25) is 9.36 Å². The highest BCUT2D eigenvalue weighted by atomic mass is 35.5. The van der Waals surface area contributed by atoms with E-state index in [0.29, 0.717) is 27.4 Å². The average molecular weight is 468 g/mol. The van der Waals surface area contributed by atoms with E-state index in [-0.39, 0.29) is 17.0 Å². The third-order valence-electron chi connectivity index (χ3n) is 5.32. The molecule has 1 aromatic heterocycles. The monoisotopic (exact) mass is 467 g/mol. The van der Waals surface area contributed by atoms with Crippen LogP contribution in [0.15, 0.2) is 76.4 Å². The van der Waals surface area contributed by atoms with Gasteiger partial charge in [0.2, 0.25) is 10.0 Å². The molecule has 4 aromatic rings. The van der Waals surface area contributed by atoms with Gasteiger partial charge in [0, 0.05) is 12.1 Å². The number of benzene rings is 3. The van der Waals surface area contributed by atoms with Crippen LogP contribution in [-0.2, 0) is 16.6 Å². The van der Waals surface area contributed by atoms with Crippen LogP contribution in [0.5, 0.6) is 0 Å². The quantitative estimate of drug-likeness (QED) is 0.434. The second kappa shape index (κ2) is 8.50. The summed E-state index contributed by atoms with van der Waals surface area (Å²) in [5.41, 5.74) is 2.91. The van der Waals surface area contributed by atoms with Gasteiger partial charge in [0.25, 0.3) is 5.56 Å². The Labute approximate surface area is 191 Å². The van der Waals surface area contributed by atoms with Gasteiger partial charge in [-0.25, -0.2) is 13.4 Å². The molecule has 4 rings (SSSR count). The zero-order valence-electron chi connectivity index (χ0n) is 17.9. The van der Waals surface area contributed by atoms with Gasteiger partial charge in [0.15, 0.2) is 0 Å². The predicted molar refractivity (Wildman–Crippen MR) is 127 cm³/mol. The second-order valence-electron chi connectivity index (χ2n) is 7.69. The van der Waals surface area contributed by atoms with Crippen LogP contribution in [0.1, 0.15) is 17.0 Å². The molecule has 0 radical (unpaired) electrons. The van der Waals surface area contributed by atoms with E-state index in [0.717, 1.165) is 11.1 Å². The maximum absolute atomic E-state index is 13.5. The highest BCUT2D eigenvalue weighted by Gasteiger charge is 2.24. The number of nitrogens with zero attached hydrogens (tertiary/aromatic N) is 3. The van der Waals surface area contributed by atoms with Gasteiger partial charge in [-0.05, 0) is 61.9 Å². The number of hydrogen-bond donors (Lipinski definition) is 0. The summed E-state index contributed by atoms with van der Waals surface area (Å²) < 4.78 is 28.9. The van der Waals surface area contributed by atoms with Crippen molar-refractivity contribution < 1.29 is 8.42 Å². The molecule has 0 amide bonds. The van der Waals surface area contributed by atoms with Crippen molar-refractivity contribution in [3.63, 3.8) is 0 Å². The molecule has 164 valence electrons. The van der Waals surface area contributed by atoms with Crippen LogP contribution in [0.2, 0.25) is 5.02 Å². The van der Waals surface area contributed by atoms with Crippen LogP contribution in [-0.4, -0.2) is 29.3 Å². The van der Waals surface area contributed by atoms with E-state index >= 15 is 0 Å². The molecule has 0 saturated carbocycles. The van der Waals surface area contributed by atoms with E-state index in [4.69, 9.17) is 11.6 Å². The molecule has 0 aliphatic rings. The molecule has 3 aromatic carbocycles. The number of para-hydroxylation sites is 1. The lowest BCUT2D eigenvalue weighted by atomic mass is 10.1. The summed E-state index contributed by atoms with van der Waals surface area (Å²) in [7, 11) is -2.35. The van der Waals surface area contributed by atoms with Crippen LogP contribution in [0.25, 0.3) is 16.6 Å². The molecular formula is C24H22ClN3O3S. The summed E-state index contributed by atoms with van der Waals surface area (Å²) >= 11 is 5.90. The predicted octanol–water partition coefficient (Wildman–Crippen LogP) is 4.48. The van der Waals surface area contributed by atoms with Gasteiger partial charge < -0.3 is 0 Å². The molecule has 0 fully saturated rings. The third kappa shape index (κ3) is 4.07. The topological polar surface area (TPSA) is 72.3 Å². The van der Waals surface area contributed by atoms with E-state index < -0.39 is 10.0 Å². The first kappa shape index (κ1) is 22.2. The summed E-state index contributed by atoms with van der Waals surface area (Å²) in [6.45, 7) is 3.81. The average Bonchev–Trinajstić information content (AvgIpc) is 2.75. The molecule has 32 heavy (non-hydrogen) atoms. The largest absolute Gasteiger partial charge is 0.268 e. The molecule has 0 bridgehead atoms. The van der Waals surface area contributed by atoms with Crippen molar-refractivity contribution in [2.24, 2.45) is 0 Å². The van der Waals surface area contributed by atoms with E-state index in [1.165, 1.54) is 40.2 Å². The number of hydrogen-bond acceptors (Lipinski definition) is 4. The summed E-state index contributed by atoms with van der Waals surface area (Å²) in [5.74, 6) is 0.334. The Balaban J connectivity index is 1.88. The maximum atomic E-state index is 13.5. The summed E-state index contributed by atoms with van der Waals surface area (Å²) in [4.78, 5) is 18.3. The van der Waals surface area contributed by atoms with Gasteiger partial charge >= 0.3 is 0 Å². The Morgan fingerprint density at radius 3 is 2.38 bits per heavy atom. The van der Waals surface area contributed by atoms with Crippen LogP contribution in [0.4, 0.5) is 0 Å². The van der Waals surface area contributed by atoms with Crippen LogP contribution >= 0.6 is 11.6 Å². The zero-order chi connectivity index (χ0) is 23.0. The Hall–Kier alpha value is -3.00. The second-order valence-corrected chi connectivity index (χ2v) is 10.2. The number of aryl methyl sites for hydroxylation is 2. The first-order valence-electron chi connectivity index (χ1n) is 9.98. The molecule has 8 heteroatoms. The Morgan fingerprint density at radius 2 is 1.69 bits per heavy atom. The highest BCUT2D eigenvalue weighted by Crippen LogP contribution is 2.22. The first-order chi connectivity index (χ1) is 15.2. The summed E-state index contributed by atoms with van der Waals surface area (Å²) in [6, 6.07) is 18.8. The van der Waals surface area contributed by atoms with Gasteiger partial charge in [0.05, 0.1) is 28.0 Å². The Bertz CT molecular complexity index is 1480. The maximum Gasteiger partial charge on any atom is 0.266 e. The minimum absolute atomic E-state index is 0.0850. The number of sulfonamides is 1. The van der Waals surface area contributed by atoms with E-state index in [9.17, 15) is 13.2 Å². The van der Waals surface area contributed by atoms with Crippen molar-refractivity contribution in [1.29, 1.82) is 0 Å². The molecule has 0 saturated heterocycles. The minimum atomic E-state index is -3.82. The zero-order valence-corrected chi connectivity index (χ0v) is 19.5. The molecule has 0 N–H and O–H groups in total. The van der Waals surface area contributed by atoms with Gasteiger partial charge in [-0.15, -0.1) is 0 Å². The van der Waals surface area contributed by atoms with Gasteiger partial charge in [0.1, 0.15) is 5.82 Å². The smallest absolute Gasteiger partial charge is 0.266 e. The lowest BCUT2D eigenvalue weighted by Gasteiger charge is -2.21. The van der Waals surface area contributed by atoms with Crippen LogP contribution < -0.4 is 5.56 Å². The third-order valence-corrected chi connectivity index (χ3v) is 7.39. The fraction of sp³-hybridized carbons (Fsp3) is 0.167. The van der Waals surface area contributed by atoms with Crippen molar-refractivity contribution in [2.75, 3.05) is 7.05 Å². The first-order valence-corrected chi connectivity index (χ1v) is 11.8. The molecular weight excluding hydrogens is 446 g/mol. The minimum Gasteiger partial charge on any atom is -0.268 e. The molecule has 0 atom stereocenters. The SMILES string of the molecule is Cc1ccc(-n2c(CN(C)S(=O)(=O)c3ccc(Cl)cc3)nc3ccccc3c2=O)c(C)c1. The molecule has 1 heterocycles. The number of aromatic nitrogens is 2. The standard InChI is InChI=1S/C24H22ClN3O3S/c1-16-8-13-22(17(2)14-16)28-23(26-21-7-5-4-6-20(21)24(28)29)15-27(3)32(30,31)19-11-9-18(25)10-12-19/h4-14H,15H2,1-3H3. The molecule has 0 aliphatic heterocycles. The number of halogens is 1. The molecule has 6 nitrogen and oxygen atoms in total. The molecule has 0 spiro atoms. The molecule has 0 unspecified atom stereocenters. The van der Waals surface area contributed by atoms with Crippen LogP contribution in [0, 0.1) is 13.8 Å². The fourth-order valence-corrected chi connectivity index (χ4v) is 4.91. The van der Waals surface area contributed by atoms with Crippen molar-refractivity contribution in [3.8, 4) is 5.69 Å². The Kier molecular flexibility index (Phi) is 5.90. The van der Waals surface area contributed by atoms with Crippen molar-refractivity contribution in [2.45, 2.75) is 25.3 Å². The summed E-state index contributed by atoms with van der Waals surface area (Å²) in [6.07, 6.45) is 0. The summed E-state index contributed by atoms with van der Waals surface area (Å²) in [5, 5.41) is 0.922. The fourth-order valence-electron chi connectivity index (χ4n) is 3.66. The van der Waals surface area contributed by atoms with Crippen molar-refractivity contribution >= 4 is 32.5 Å². The van der Waals surface area contributed by atoms with Gasteiger partial charge in [-0.1, -0.05) is 41.4 Å². The van der Waals surface area contributed by atoms with Crippen molar-refractivity contribution in [1.82, 2.24) is 13.9 Å². The van der Waals surface area contributed by atoms with Gasteiger partial charge in [-0.2, -0.15) is 4.31 Å². The van der Waals surface area contributed by atoms with Crippen LogP contribution in [0.3, 0.4) is 0 Å². The lowest BCUT2D eigenvalue weighted by molar-refractivity contribution is 0.452. The number of rotatable bonds is 5. The van der Waals surface area contributed by atoms with E-state index in [1.807, 2.05) is 32.0 Å². The molecule has 0 aliphatic carbocycles. The van der Waals surface area contributed by atoms with E-state index in [2.05, 4.69) is 4.98 Å². The highest BCUT2D eigenvalue weighted by molar-refractivity contribution is 7.89. The van der Waals surface area contributed by atoms with E-state index in [1.54, 1.807) is 24.3 Å². The Morgan fingerprint density at radius 1 is 1.00 bits per heavy atom.